The first-order chi connectivity index (χ1) is 45.6. The van der Waals surface area contributed by atoms with Crippen LogP contribution >= 0.6 is 0 Å². The van der Waals surface area contributed by atoms with Crippen LogP contribution in [0.25, 0.3) is 0 Å². The summed E-state index contributed by atoms with van der Waals surface area (Å²) in [5, 5.41) is 38.9. The van der Waals surface area contributed by atoms with Crippen molar-refractivity contribution in [2.45, 2.75) is 253 Å². The third-order valence-electron chi connectivity index (χ3n) is 14.9. The Morgan fingerprint density at radius 3 is 0.663 bits per heavy atom. The van der Waals surface area contributed by atoms with Gasteiger partial charge in [0.1, 0.15) is 72.5 Å². The van der Waals surface area contributed by atoms with Crippen LogP contribution in [-0.4, -0.2) is 186 Å². The Bertz CT molecular complexity index is 2680. The summed E-state index contributed by atoms with van der Waals surface area (Å²) < 4.78 is 0. The molecule has 35 heteroatoms. The molecule has 0 saturated heterocycles. The summed E-state index contributed by atoms with van der Waals surface area (Å²) in [5.74, 6) is -10.7. The molecule has 560 valence electrons. The van der Waals surface area contributed by atoms with Gasteiger partial charge in [0, 0.05) is 19.6 Å². The van der Waals surface area contributed by atoms with Crippen LogP contribution in [-0.2, 0) is 57.5 Å². The van der Waals surface area contributed by atoms with E-state index in [1.165, 1.54) is 20.8 Å². The predicted octanol–water partition coefficient (Wildman–Crippen LogP) is -3.35. The second-order valence-corrected chi connectivity index (χ2v) is 27.4. The summed E-state index contributed by atoms with van der Waals surface area (Å²) in [6.07, 6.45) is 1.20. The van der Waals surface area contributed by atoms with Crippen molar-refractivity contribution in [2.75, 3.05) is 19.6 Å². The number of carbonyl (C=O) groups excluding carboxylic acids is 12. The lowest BCUT2D eigenvalue weighted by Gasteiger charge is -2.29. The van der Waals surface area contributed by atoms with E-state index in [9.17, 15) is 62.7 Å². The van der Waals surface area contributed by atoms with Crippen molar-refractivity contribution in [2.24, 2.45) is 90.6 Å². The minimum absolute atomic E-state index is 0.00269. The number of nitrogens with one attached hydrogen (secondary N) is 12. The molecule has 0 aliphatic carbocycles. The third kappa shape index (κ3) is 38.3. The molecule has 27 N–H and O–H groups in total. The summed E-state index contributed by atoms with van der Waals surface area (Å²) in [6.45, 7) is 26.0. The van der Waals surface area contributed by atoms with Crippen molar-refractivity contribution in [1.29, 1.82) is 0 Å². The van der Waals surface area contributed by atoms with Crippen molar-refractivity contribution in [1.82, 2.24) is 64.0 Å². The standard InChI is InChI=1S/C63H120N22O13/c1-31(2)25-43(49(64)86)80-50(87)37(13)74-53(90)40(19-16-22-71-61(65)66)77-56(93)46(28-34(7)8)83-58(95)44(26-32(3)4)81-51(88)38(14)75-54(91)41(20-17-23-72-62(67)68)78-57(94)47(29-35(9)10)84-59(96)45(27-33(5)6)82-52(89)39(15)76-55(92)42(21-18-24-73-63(69)70)79-60(97)48(85-98)30-36(11)12/h31-48,85,98H,16-30H2,1-15H3,(H2,64,86)(H,74,90)(H,75,91)(H,76,92)(H,77,93)(H,78,94)(H,79,97)(H,80,87)(H,81,88)(H,82,89)(H,83,95)(H,84,96)(H4,65,66,71)(H4,67,68,72)(H4,69,70,73)/t37-,38-,39-,40-,41-,42-,43-,44-,45-,46-,47-,48-/m0/s1. The number of nitrogens with two attached hydrogens (primary N) is 7. The highest BCUT2D eigenvalue weighted by atomic mass is 16.5. The topological polar surface area (TPSA) is 589 Å². The van der Waals surface area contributed by atoms with Gasteiger partial charge in [-0.2, -0.15) is 5.48 Å². The number of carbonyl (C=O) groups is 12. The number of nitrogens with zero attached hydrogens (tertiary/aromatic N) is 3. The van der Waals surface area contributed by atoms with E-state index >= 15 is 0 Å². The highest BCUT2D eigenvalue weighted by Gasteiger charge is 2.36. The second kappa shape index (κ2) is 46.6. The molecule has 35 nitrogen and oxygen atoms in total. The van der Waals surface area contributed by atoms with E-state index in [4.69, 9.17) is 40.1 Å². The fourth-order valence-electron chi connectivity index (χ4n) is 9.93. The van der Waals surface area contributed by atoms with Crippen LogP contribution < -0.4 is 104 Å². The monoisotopic (exact) mass is 1390 g/mol. The smallest absolute Gasteiger partial charge is 0.243 e. The molecule has 98 heavy (non-hydrogen) atoms. The largest absolute Gasteiger partial charge is 0.370 e. The van der Waals surface area contributed by atoms with Gasteiger partial charge in [-0.3, -0.25) is 72.5 Å². The third-order valence-corrected chi connectivity index (χ3v) is 14.9. The SMILES string of the molecule is CC(C)C[C@H](NC(=O)[C@H](C)NC(=O)[C@H](CCCN=C(N)N)NC(=O)[C@H](CC(C)C)NC(=O)[C@H](CC(C)C)NC(=O)[C@H](C)NC(=O)[C@H](CCCN=C(N)N)NC(=O)[C@H](CC(C)C)NC(=O)[C@H](CC(C)C)NC(=O)[C@H](C)NC(=O)[C@H](CCCN=C(N)N)NC(=O)[C@H](CC(C)C)NO)C(N)=O. The molecule has 0 unspecified atom stereocenters. The van der Waals surface area contributed by atoms with Crippen LogP contribution in [0.4, 0.5) is 0 Å². The molecule has 12 amide bonds. The zero-order chi connectivity index (χ0) is 75.3. The predicted molar refractivity (Wildman–Crippen MR) is 373 cm³/mol. The fraction of sp³-hybridized carbons (Fsp3) is 0.762. The summed E-state index contributed by atoms with van der Waals surface area (Å²) in [5.41, 5.74) is 40.6. The first kappa shape index (κ1) is 89.4. The number of primary amides is 1. The highest BCUT2D eigenvalue weighted by Crippen LogP contribution is 2.15. The number of guanidine groups is 3. The molecular weight excluding hydrogens is 1270 g/mol. The zero-order valence-corrected chi connectivity index (χ0v) is 60.2. The Balaban J connectivity index is 6.82. The average Bonchev–Trinajstić information content (AvgIpc) is 0.868. The number of hydrogen-bond donors (Lipinski definition) is 20. The number of hydroxylamine groups is 1. The van der Waals surface area contributed by atoms with Gasteiger partial charge in [0.2, 0.25) is 70.9 Å². The van der Waals surface area contributed by atoms with Gasteiger partial charge >= 0.3 is 0 Å². The van der Waals surface area contributed by atoms with Gasteiger partial charge in [-0.15, -0.1) is 0 Å². The Kier molecular flexibility index (Phi) is 42.5. The average molecular weight is 1390 g/mol. The van der Waals surface area contributed by atoms with E-state index in [-0.39, 0.29) is 150 Å². The van der Waals surface area contributed by atoms with Crippen LogP contribution in [0.1, 0.15) is 181 Å². The van der Waals surface area contributed by atoms with Gasteiger partial charge in [0.25, 0.3) is 0 Å². The number of amides is 12. The molecule has 0 aromatic carbocycles. The van der Waals surface area contributed by atoms with Gasteiger partial charge < -0.3 is 104 Å². The molecule has 12 atom stereocenters. The molecule has 0 aliphatic heterocycles. The van der Waals surface area contributed by atoms with Crippen LogP contribution in [0, 0.1) is 35.5 Å². The van der Waals surface area contributed by atoms with Crippen molar-refractivity contribution in [3.05, 3.63) is 0 Å². The van der Waals surface area contributed by atoms with Crippen molar-refractivity contribution in [3.63, 3.8) is 0 Å². The summed E-state index contributed by atoms with van der Waals surface area (Å²) in [4.78, 5) is 177. The molecule has 0 saturated carbocycles. The molecule has 0 aromatic heterocycles. The van der Waals surface area contributed by atoms with Crippen LogP contribution in [0.5, 0.6) is 0 Å². The summed E-state index contributed by atoms with van der Waals surface area (Å²) in [6, 6.07) is -14.9. The van der Waals surface area contributed by atoms with Crippen molar-refractivity contribution in [3.8, 4) is 0 Å². The highest BCUT2D eigenvalue weighted by molar-refractivity contribution is 5.99. The maximum Gasteiger partial charge on any atom is 0.243 e. The van der Waals surface area contributed by atoms with Gasteiger partial charge in [-0.05, 0) is 133 Å². The number of rotatable bonds is 48. The minimum atomic E-state index is -1.37. The van der Waals surface area contributed by atoms with Crippen LogP contribution in [0.3, 0.4) is 0 Å². The van der Waals surface area contributed by atoms with E-state index in [0.29, 0.717) is 0 Å². The summed E-state index contributed by atoms with van der Waals surface area (Å²) in [7, 11) is 0. The molecule has 0 spiro atoms. The Hall–Kier alpha value is -8.63. The van der Waals surface area contributed by atoms with E-state index in [0.717, 1.165) is 0 Å². The second-order valence-electron chi connectivity index (χ2n) is 27.4. The number of hydrogen-bond acceptors (Lipinski definition) is 17. The zero-order valence-electron chi connectivity index (χ0n) is 60.2. The van der Waals surface area contributed by atoms with Crippen LogP contribution in [0.2, 0.25) is 0 Å². The van der Waals surface area contributed by atoms with Gasteiger partial charge in [0.05, 0.1) is 0 Å². The van der Waals surface area contributed by atoms with Gasteiger partial charge in [0.15, 0.2) is 17.9 Å². The Morgan fingerprint density at radius 2 is 0.449 bits per heavy atom. The van der Waals surface area contributed by atoms with Crippen LogP contribution in [0.15, 0.2) is 15.0 Å². The molecule has 0 fully saturated rings. The molecule has 0 aromatic rings. The normalized spacial score (nSPS) is 15.0. The van der Waals surface area contributed by atoms with Crippen molar-refractivity contribution >= 4 is 88.8 Å². The van der Waals surface area contributed by atoms with Gasteiger partial charge in [-0.25, -0.2) is 0 Å². The van der Waals surface area contributed by atoms with Crippen molar-refractivity contribution < 1.29 is 62.7 Å². The maximum atomic E-state index is 14.4. The van der Waals surface area contributed by atoms with E-state index in [1.54, 1.807) is 55.4 Å². The minimum Gasteiger partial charge on any atom is -0.370 e. The lowest BCUT2D eigenvalue weighted by atomic mass is 9.99. The lowest BCUT2D eigenvalue weighted by Crippen LogP contribution is -2.60. The fourth-order valence-corrected chi connectivity index (χ4v) is 9.93. The van der Waals surface area contributed by atoms with E-state index in [1.807, 2.05) is 33.2 Å². The lowest BCUT2D eigenvalue weighted by molar-refractivity contribution is -0.136. The van der Waals surface area contributed by atoms with E-state index in [2.05, 4.69) is 73.5 Å². The van der Waals surface area contributed by atoms with Gasteiger partial charge in [-0.1, -0.05) is 83.1 Å². The first-order valence-corrected chi connectivity index (χ1v) is 33.8. The molecule has 0 aliphatic rings. The Labute approximate surface area is 577 Å². The number of aliphatic imine (C=N–C) groups is 3. The maximum absolute atomic E-state index is 14.4. The van der Waals surface area contributed by atoms with E-state index < -0.39 is 143 Å². The quantitative estimate of drug-likeness (QED) is 0.0122. The molecule has 0 radical (unpaired) electrons. The Morgan fingerprint density at radius 1 is 0.265 bits per heavy atom. The summed E-state index contributed by atoms with van der Waals surface area (Å²) >= 11 is 0. The first-order valence-electron chi connectivity index (χ1n) is 33.8. The molecule has 0 rings (SSSR count). The molecule has 0 bridgehead atoms. The molecule has 0 heterocycles. The molecular formula is C63H120N22O13.